The lowest BCUT2D eigenvalue weighted by Crippen LogP contribution is -2.51. The summed E-state index contributed by atoms with van der Waals surface area (Å²) in [6, 6.07) is 0.903. The van der Waals surface area contributed by atoms with Crippen LogP contribution in [0.25, 0.3) is 6.08 Å². The van der Waals surface area contributed by atoms with Gasteiger partial charge in [0.05, 0.1) is 22.6 Å². The Hall–Kier alpha value is -2.80. The van der Waals surface area contributed by atoms with E-state index in [2.05, 4.69) is 20.4 Å². The van der Waals surface area contributed by atoms with Gasteiger partial charge in [0.25, 0.3) is 17.7 Å². The summed E-state index contributed by atoms with van der Waals surface area (Å²) in [6.45, 7) is 3.44. The van der Waals surface area contributed by atoms with E-state index in [1.165, 1.54) is 16.9 Å². The third kappa shape index (κ3) is 6.12. The van der Waals surface area contributed by atoms with Gasteiger partial charge in [-0.2, -0.15) is 0 Å². The fourth-order valence-corrected chi connectivity index (χ4v) is 5.72. The number of aromatic nitrogens is 4. The van der Waals surface area contributed by atoms with E-state index in [9.17, 15) is 22.0 Å². The second kappa shape index (κ2) is 9.58. The molecule has 1 fully saturated rings. The second-order valence-corrected chi connectivity index (χ2v) is 12.1. The van der Waals surface area contributed by atoms with Crippen molar-refractivity contribution in [3.8, 4) is 11.6 Å². The van der Waals surface area contributed by atoms with Crippen molar-refractivity contribution < 1.29 is 31.5 Å². The molecule has 36 heavy (non-hydrogen) atoms. The molecule has 196 valence electrons. The quantitative estimate of drug-likeness (QED) is 0.562. The highest BCUT2D eigenvalue weighted by Crippen LogP contribution is 2.33. The van der Waals surface area contributed by atoms with E-state index < -0.39 is 46.0 Å². The minimum Gasteiger partial charge on any atom is -0.482 e. The van der Waals surface area contributed by atoms with Crippen LogP contribution in [0.15, 0.2) is 18.3 Å². The number of rotatable bonds is 7. The molecule has 0 saturated carbocycles. The Morgan fingerprint density at radius 3 is 2.72 bits per heavy atom. The van der Waals surface area contributed by atoms with Crippen molar-refractivity contribution >= 4 is 33.4 Å². The summed E-state index contributed by atoms with van der Waals surface area (Å²) < 4.78 is 62.7. The number of nitrogens with zero attached hydrogens (tertiary/aromatic N) is 4. The molecule has 0 bridgehead atoms. The van der Waals surface area contributed by atoms with Gasteiger partial charge in [0.1, 0.15) is 15.9 Å². The van der Waals surface area contributed by atoms with Crippen molar-refractivity contribution in [1.82, 2.24) is 25.1 Å². The van der Waals surface area contributed by atoms with Gasteiger partial charge in [-0.25, -0.2) is 31.8 Å². The molecule has 2 unspecified atom stereocenters. The first kappa shape index (κ1) is 26.3. The third-order valence-electron chi connectivity index (χ3n) is 6.02. The number of carbonyl (C=O) groups excluding carboxylic acids is 1. The lowest BCUT2D eigenvalue weighted by atomic mass is 9.95. The van der Waals surface area contributed by atoms with Crippen molar-refractivity contribution in [1.29, 1.82) is 0 Å². The number of alkyl halides is 2. The third-order valence-corrected chi connectivity index (χ3v) is 7.87. The number of amides is 1. The molecule has 2 aromatic rings. The molecule has 2 atom stereocenters. The van der Waals surface area contributed by atoms with Crippen LogP contribution in [0.5, 0.6) is 11.6 Å². The first-order valence-electron chi connectivity index (χ1n) is 11.2. The van der Waals surface area contributed by atoms with Gasteiger partial charge in [-0.05, 0) is 38.8 Å². The summed E-state index contributed by atoms with van der Waals surface area (Å²) in [7, 11) is -3.08. The van der Waals surface area contributed by atoms with Crippen molar-refractivity contribution in [2.75, 3.05) is 18.1 Å². The fourth-order valence-electron chi connectivity index (χ4n) is 3.84. The number of ether oxygens (including phenoxy) is 2. The lowest BCUT2D eigenvalue weighted by molar-refractivity contribution is -0.0241. The number of sulfone groups is 1. The minimum atomic E-state index is -3.08. The molecule has 0 spiro atoms. The summed E-state index contributed by atoms with van der Waals surface area (Å²) in [5.74, 6) is -3.24. The monoisotopic (exact) mass is 545 g/mol. The molecule has 14 heteroatoms. The van der Waals surface area contributed by atoms with Crippen LogP contribution in [-0.4, -0.2) is 69.8 Å². The molecule has 1 saturated heterocycles. The first-order valence-corrected chi connectivity index (χ1v) is 13.4. The van der Waals surface area contributed by atoms with Gasteiger partial charge in [-0.1, -0.05) is 11.6 Å². The van der Waals surface area contributed by atoms with Gasteiger partial charge in [0.15, 0.2) is 18.2 Å². The number of hydrogen-bond acceptors (Lipinski definition) is 8. The summed E-state index contributed by atoms with van der Waals surface area (Å²) in [5.41, 5.74) is -0.673. The minimum absolute atomic E-state index is 0.00994. The van der Waals surface area contributed by atoms with Crippen molar-refractivity contribution in [2.24, 2.45) is 0 Å². The zero-order chi connectivity index (χ0) is 26.3. The van der Waals surface area contributed by atoms with Crippen LogP contribution < -0.4 is 14.8 Å². The number of pyridine rings is 1. The summed E-state index contributed by atoms with van der Waals surface area (Å²) >= 11 is 5.94. The second-order valence-electron chi connectivity index (χ2n) is 9.40. The maximum atomic E-state index is 13.3. The average molecular weight is 546 g/mol. The van der Waals surface area contributed by atoms with Gasteiger partial charge in [-0.3, -0.25) is 4.79 Å². The van der Waals surface area contributed by atoms with Gasteiger partial charge in [-0.15, -0.1) is 5.10 Å². The Kier molecular flexibility index (Phi) is 6.99. The normalized spacial score (nSPS) is 22.5. The van der Waals surface area contributed by atoms with Crippen LogP contribution in [0.2, 0.25) is 5.02 Å². The van der Waals surface area contributed by atoms with Crippen LogP contribution in [0, 0.1) is 0 Å². The van der Waals surface area contributed by atoms with E-state index in [-0.39, 0.29) is 34.0 Å². The number of fused-ring (bicyclic) bond motifs is 1. The molecule has 4 heterocycles. The highest BCUT2D eigenvalue weighted by molar-refractivity contribution is 7.91. The molecule has 2 aromatic heterocycles. The summed E-state index contributed by atoms with van der Waals surface area (Å²) in [6.07, 6.45) is 4.62. The standard InChI is InChI=1S/C22H26ClF2N5O5S/c1-13-15(35-20-16(10-14(23)11-26-20)34-12-22(3,24)25)4-5-17-27-18(29-30(13)17)19(31)28-21(2)6-8-36(32,33)9-7-21/h4-5,10-11,13,15H,6-9,12H2,1-3H3,(H,28,31). The van der Waals surface area contributed by atoms with E-state index in [4.69, 9.17) is 21.1 Å². The maximum absolute atomic E-state index is 13.3. The zero-order valence-electron chi connectivity index (χ0n) is 19.9. The summed E-state index contributed by atoms with van der Waals surface area (Å²) in [5, 5.41) is 7.39. The molecule has 10 nitrogen and oxygen atoms in total. The predicted molar refractivity (Wildman–Crippen MR) is 127 cm³/mol. The Bertz CT molecular complexity index is 1280. The highest BCUT2D eigenvalue weighted by atomic mass is 35.5. The van der Waals surface area contributed by atoms with Crippen molar-refractivity contribution in [3.63, 3.8) is 0 Å². The largest absolute Gasteiger partial charge is 0.482 e. The smallest absolute Gasteiger partial charge is 0.291 e. The number of nitrogens with one attached hydrogen (secondary N) is 1. The van der Waals surface area contributed by atoms with Gasteiger partial charge in [0.2, 0.25) is 5.82 Å². The molecular weight excluding hydrogens is 520 g/mol. The highest BCUT2D eigenvalue weighted by Gasteiger charge is 2.36. The Balaban J connectivity index is 1.47. The molecule has 2 aliphatic rings. The van der Waals surface area contributed by atoms with E-state index in [1.807, 2.05) is 0 Å². The molecule has 1 amide bonds. The van der Waals surface area contributed by atoms with Crippen LogP contribution in [0.4, 0.5) is 8.78 Å². The molecule has 4 rings (SSSR count). The van der Waals surface area contributed by atoms with E-state index >= 15 is 0 Å². The Morgan fingerprint density at radius 1 is 1.36 bits per heavy atom. The number of hydrogen-bond donors (Lipinski definition) is 1. The van der Waals surface area contributed by atoms with Crippen LogP contribution in [-0.2, 0) is 9.84 Å². The fraction of sp³-hybridized carbons (Fsp3) is 0.545. The van der Waals surface area contributed by atoms with Crippen molar-refractivity contribution in [2.45, 2.75) is 57.2 Å². The molecule has 0 aliphatic carbocycles. The van der Waals surface area contributed by atoms with Crippen LogP contribution in [0.1, 0.15) is 56.1 Å². The van der Waals surface area contributed by atoms with Crippen molar-refractivity contribution in [3.05, 3.63) is 35.0 Å². The SMILES string of the molecule is CC1C(Oc2ncc(Cl)cc2OCC(C)(F)F)C=Cc2nc(C(=O)NC3(C)CCS(=O)(=O)CC3)nn21. The number of halogens is 3. The van der Waals surface area contributed by atoms with E-state index in [0.29, 0.717) is 18.7 Å². The molecule has 1 N–H and O–H groups in total. The van der Waals surface area contributed by atoms with Gasteiger partial charge in [0, 0.05) is 24.7 Å². The predicted octanol–water partition coefficient (Wildman–Crippen LogP) is 3.09. The van der Waals surface area contributed by atoms with Crippen LogP contribution >= 0.6 is 11.6 Å². The Morgan fingerprint density at radius 2 is 2.06 bits per heavy atom. The molecule has 0 radical (unpaired) electrons. The maximum Gasteiger partial charge on any atom is 0.291 e. The van der Waals surface area contributed by atoms with E-state index in [0.717, 1.165) is 6.92 Å². The average Bonchev–Trinajstić information content (AvgIpc) is 3.23. The lowest BCUT2D eigenvalue weighted by Gasteiger charge is -2.33. The van der Waals surface area contributed by atoms with Crippen LogP contribution in [0.3, 0.4) is 0 Å². The van der Waals surface area contributed by atoms with E-state index in [1.54, 1.807) is 26.0 Å². The molecule has 0 aromatic carbocycles. The summed E-state index contributed by atoms with van der Waals surface area (Å²) in [4.78, 5) is 21.2. The molecular formula is C22H26ClF2N5O5S. The Labute approximate surface area is 212 Å². The number of carbonyl (C=O) groups is 1. The zero-order valence-corrected chi connectivity index (χ0v) is 21.4. The topological polar surface area (TPSA) is 125 Å². The van der Waals surface area contributed by atoms with Gasteiger partial charge < -0.3 is 14.8 Å². The first-order chi connectivity index (χ1) is 16.7. The molecule has 2 aliphatic heterocycles. The van der Waals surface area contributed by atoms with Gasteiger partial charge >= 0.3 is 0 Å².